The summed E-state index contributed by atoms with van der Waals surface area (Å²) in [7, 11) is 2.03. The van der Waals surface area contributed by atoms with Crippen LogP contribution < -0.4 is 0 Å². The second-order valence-electron chi connectivity index (χ2n) is 6.90. The molecule has 0 N–H and O–H groups in total. The summed E-state index contributed by atoms with van der Waals surface area (Å²) in [4.78, 5) is 14.6. The lowest BCUT2D eigenvalue weighted by Gasteiger charge is -2.28. The van der Waals surface area contributed by atoms with Gasteiger partial charge in [-0.3, -0.25) is 9.69 Å². The molecular weight excluding hydrogens is 274 g/mol. The zero-order chi connectivity index (χ0) is 16.5. The Bertz CT molecular complexity index is 428. The van der Waals surface area contributed by atoms with E-state index in [1.165, 1.54) is 0 Å². The van der Waals surface area contributed by atoms with Crippen LogP contribution in [0.25, 0.3) is 0 Å². The molecule has 0 fully saturated rings. The number of benzene rings is 1. The third-order valence-corrected chi connectivity index (χ3v) is 3.78. The lowest BCUT2D eigenvalue weighted by molar-refractivity contribution is -0.151. The van der Waals surface area contributed by atoms with Crippen molar-refractivity contribution in [2.24, 2.45) is 11.8 Å². The number of ether oxygens (including phenoxy) is 1. The van der Waals surface area contributed by atoms with Crippen molar-refractivity contribution in [3.63, 3.8) is 0 Å². The Hall–Kier alpha value is -1.35. The van der Waals surface area contributed by atoms with Gasteiger partial charge in [0.15, 0.2) is 0 Å². The number of hydrogen-bond donors (Lipinski definition) is 0. The maximum Gasteiger partial charge on any atom is 0.323 e. The first-order valence-electron chi connectivity index (χ1n) is 8.31. The van der Waals surface area contributed by atoms with E-state index in [1.807, 2.05) is 37.4 Å². The van der Waals surface area contributed by atoms with E-state index < -0.39 is 0 Å². The molecule has 124 valence electrons. The van der Waals surface area contributed by atoms with E-state index in [1.54, 1.807) is 0 Å². The number of likely N-dealkylation sites (N-methyl/N-ethyl adjacent to an activating group) is 1. The molecule has 22 heavy (non-hydrogen) atoms. The van der Waals surface area contributed by atoms with Crippen molar-refractivity contribution in [1.29, 1.82) is 0 Å². The predicted molar refractivity (Wildman–Crippen MR) is 91.6 cm³/mol. The molecule has 0 radical (unpaired) electrons. The molecule has 3 heteroatoms. The summed E-state index contributed by atoms with van der Waals surface area (Å²) >= 11 is 0. The van der Waals surface area contributed by atoms with Crippen LogP contribution in [0.5, 0.6) is 0 Å². The molecule has 1 atom stereocenters. The molecule has 0 unspecified atom stereocenters. The molecule has 0 aliphatic carbocycles. The van der Waals surface area contributed by atoms with Crippen LogP contribution in [0.3, 0.4) is 0 Å². The Kier molecular flexibility index (Phi) is 8.18. The van der Waals surface area contributed by atoms with Crippen LogP contribution in [-0.2, 0) is 16.1 Å². The molecule has 0 aliphatic rings. The maximum absolute atomic E-state index is 12.5. The van der Waals surface area contributed by atoms with E-state index in [9.17, 15) is 4.79 Å². The zero-order valence-electron chi connectivity index (χ0n) is 14.7. The Morgan fingerprint density at radius 3 is 2.27 bits per heavy atom. The summed E-state index contributed by atoms with van der Waals surface area (Å²) in [6.45, 7) is 9.99. The number of carbonyl (C=O) groups is 1. The fraction of sp³-hybridized carbons (Fsp3) is 0.632. The minimum atomic E-state index is -0.150. The van der Waals surface area contributed by atoms with E-state index in [0.717, 1.165) is 24.9 Å². The van der Waals surface area contributed by atoms with Gasteiger partial charge in [0.2, 0.25) is 0 Å². The highest BCUT2D eigenvalue weighted by Gasteiger charge is 2.25. The van der Waals surface area contributed by atoms with Crippen molar-refractivity contribution in [2.75, 3.05) is 13.6 Å². The highest BCUT2D eigenvalue weighted by atomic mass is 16.5. The monoisotopic (exact) mass is 305 g/mol. The molecule has 0 amide bonds. The summed E-state index contributed by atoms with van der Waals surface area (Å²) < 4.78 is 5.54. The van der Waals surface area contributed by atoms with Crippen molar-refractivity contribution in [1.82, 2.24) is 4.90 Å². The third-order valence-electron chi connectivity index (χ3n) is 3.78. The summed E-state index contributed by atoms with van der Waals surface area (Å²) in [6.07, 6.45) is 1.93. The van der Waals surface area contributed by atoms with Crippen LogP contribution in [0.4, 0.5) is 0 Å². The SMILES string of the molecule is CC(C)CCN(C)[C@@H](CC(C)C)C(=O)OCc1ccccc1. The molecule has 0 aromatic heterocycles. The molecule has 0 aliphatic heterocycles. The van der Waals surface area contributed by atoms with Gasteiger partial charge in [-0.1, -0.05) is 58.0 Å². The van der Waals surface area contributed by atoms with Crippen LogP contribution >= 0.6 is 0 Å². The lowest BCUT2D eigenvalue weighted by atomic mass is 10.0. The predicted octanol–water partition coefficient (Wildman–Crippen LogP) is 4.12. The van der Waals surface area contributed by atoms with Gasteiger partial charge in [-0.2, -0.15) is 0 Å². The standard InChI is InChI=1S/C19H31NO2/c1-15(2)11-12-20(5)18(13-16(3)4)19(21)22-14-17-9-7-6-8-10-17/h6-10,15-16,18H,11-14H2,1-5H3/t18-/m0/s1. The van der Waals surface area contributed by atoms with E-state index in [0.29, 0.717) is 18.4 Å². The maximum atomic E-state index is 12.5. The summed E-state index contributed by atoms with van der Waals surface area (Å²) in [5.41, 5.74) is 1.03. The molecule has 3 nitrogen and oxygen atoms in total. The molecule has 0 bridgehead atoms. The van der Waals surface area contributed by atoms with Crippen molar-refractivity contribution in [3.8, 4) is 0 Å². The van der Waals surface area contributed by atoms with Crippen LogP contribution in [0.15, 0.2) is 30.3 Å². The second kappa shape index (κ2) is 9.62. The first-order chi connectivity index (χ1) is 10.4. The summed E-state index contributed by atoms with van der Waals surface area (Å²) in [5, 5.41) is 0. The van der Waals surface area contributed by atoms with Crippen molar-refractivity contribution >= 4 is 5.97 Å². The van der Waals surface area contributed by atoms with Gasteiger partial charge in [0.25, 0.3) is 0 Å². The molecular formula is C19H31NO2. The highest BCUT2D eigenvalue weighted by molar-refractivity contribution is 5.75. The smallest absolute Gasteiger partial charge is 0.323 e. The Morgan fingerprint density at radius 1 is 1.09 bits per heavy atom. The van der Waals surface area contributed by atoms with E-state index >= 15 is 0 Å². The second-order valence-corrected chi connectivity index (χ2v) is 6.90. The summed E-state index contributed by atoms with van der Waals surface area (Å²) in [6, 6.07) is 9.70. The topological polar surface area (TPSA) is 29.5 Å². The van der Waals surface area contributed by atoms with Crippen LogP contribution in [0.1, 0.15) is 46.1 Å². The third kappa shape index (κ3) is 7.08. The number of nitrogens with zero attached hydrogens (tertiary/aromatic N) is 1. The fourth-order valence-electron chi connectivity index (χ4n) is 2.35. The van der Waals surface area contributed by atoms with Crippen molar-refractivity contribution in [3.05, 3.63) is 35.9 Å². The van der Waals surface area contributed by atoms with Crippen molar-refractivity contribution < 1.29 is 9.53 Å². The van der Waals surface area contributed by atoms with E-state index in [4.69, 9.17) is 4.74 Å². The Morgan fingerprint density at radius 2 is 1.73 bits per heavy atom. The van der Waals surface area contributed by atoms with Crippen LogP contribution in [0, 0.1) is 11.8 Å². The molecule has 1 aromatic rings. The summed E-state index contributed by atoms with van der Waals surface area (Å²) in [5.74, 6) is 1.00. The average molecular weight is 305 g/mol. The molecule has 0 heterocycles. The lowest BCUT2D eigenvalue weighted by Crippen LogP contribution is -2.41. The first kappa shape index (κ1) is 18.7. The first-order valence-corrected chi connectivity index (χ1v) is 8.31. The van der Waals surface area contributed by atoms with Crippen molar-refractivity contribution in [2.45, 2.75) is 53.2 Å². The van der Waals surface area contributed by atoms with Gasteiger partial charge in [0.1, 0.15) is 12.6 Å². The average Bonchev–Trinajstić information content (AvgIpc) is 2.48. The van der Waals surface area contributed by atoms with Gasteiger partial charge >= 0.3 is 5.97 Å². The quantitative estimate of drug-likeness (QED) is 0.643. The van der Waals surface area contributed by atoms with E-state index in [2.05, 4.69) is 32.6 Å². The van der Waals surface area contributed by atoms with Gasteiger partial charge in [0.05, 0.1) is 0 Å². The van der Waals surface area contributed by atoms with Crippen LogP contribution in [0.2, 0.25) is 0 Å². The normalized spacial score (nSPS) is 12.9. The van der Waals surface area contributed by atoms with E-state index in [-0.39, 0.29) is 12.0 Å². The van der Waals surface area contributed by atoms with Crippen LogP contribution in [-0.4, -0.2) is 30.5 Å². The molecule has 1 rings (SSSR count). The molecule has 0 saturated carbocycles. The largest absolute Gasteiger partial charge is 0.460 e. The number of esters is 1. The number of carbonyl (C=O) groups excluding carboxylic acids is 1. The minimum absolute atomic E-state index is 0.108. The van der Waals surface area contributed by atoms with Gasteiger partial charge < -0.3 is 4.74 Å². The Balaban J connectivity index is 2.59. The molecule has 0 spiro atoms. The Labute approximate surface area is 135 Å². The zero-order valence-corrected chi connectivity index (χ0v) is 14.7. The van der Waals surface area contributed by atoms with Gasteiger partial charge in [-0.05, 0) is 43.8 Å². The number of hydrogen-bond acceptors (Lipinski definition) is 3. The van der Waals surface area contributed by atoms with Gasteiger partial charge in [-0.25, -0.2) is 0 Å². The number of rotatable bonds is 9. The molecule has 1 aromatic carbocycles. The highest BCUT2D eigenvalue weighted by Crippen LogP contribution is 2.15. The van der Waals surface area contributed by atoms with Gasteiger partial charge in [0, 0.05) is 0 Å². The fourth-order valence-corrected chi connectivity index (χ4v) is 2.35. The molecule has 0 saturated heterocycles. The van der Waals surface area contributed by atoms with Gasteiger partial charge in [-0.15, -0.1) is 0 Å². The minimum Gasteiger partial charge on any atom is -0.460 e.